The van der Waals surface area contributed by atoms with Gasteiger partial charge in [-0.2, -0.15) is 0 Å². The Bertz CT molecular complexity index is 545. The lowest BCUT2D eigenvalue weighted by Gasteiger charge is -2.19. The summed E-state index contributed by atoms with van der Waals surface area (Å²) in [7, 11) is 4.01. The van der Waals surface area contributed by atoms with Gasteiger partial charge in [0.15, 0.2) is 0 Å². The average molecular weight is 268 g/mol. The first-order chi connectivity index (χ1) is 9.36. The summed E-state index contributed by atoms with van der Waals surface area (Å²) in [6.07, 6.45) is 2.90. The van der Waals surface area contributed by atoms with Crippen molar-refractivity contribution in [2.75, 3.05) is 19.0 Å². The molecular weight excluding hydrogens is 244 g/mol. The maximum atomic E-state index is 4.46. The Hall–Kier alpha value is -1.83. The second-order valence-electron chi connectivity index (χ2n) is 6.54. The number of nitrogens with zero attached hydrogens (tertiary/aromatic N) is 2. The van der Waals surface area contributed by atoms with Crippen LogP contribution in [0.3, 0.4) is 0 Å². The van der Waals surface area contributed by atoms with E-state index in [-0.39, 0.29) is 5.41 Å². The average Bonchev–Trinajstić information content (AvgIpc) is 2.39. The second-order valence-corrected chi connectivity index (χ2v) is 6.54. The molecule has 0 aliphatic heterocycles. The Kier molecular flexibility index (Phi) is 4.12. The van der Waals surface area contributed by atoms with Gasteiger partial charge in [0.05, 0.1) is 0 Å². The number of pyridine rings is 1. The summed E-state index contributed by atoms with van der Waals surface area (Å²) >= 11 is 0. The lowest BCUT2D eigenvalue weighted by molar-refractivity contribution is 0.590. The summed E-state index contributed by atoms with van der Waals surface area (Å²) in [6.45, 7) is 6.73. The van der Waals surface area contributed by atoms with Gasteiger partial charge in [-0.15, -0.1) is 0 Å². The number of hydrogen-bond acceptors (Lipinski definition) is 2. The maximum Gasteiger partial charge on any atom is 0.127 e. The number of aromatic nitrogens is 1. The van der Waals surface area contributed by atoms with Crippen molar-refractivity contribution < 1.29 is 0 Å². The molecule has 1 aromatic carbocycles. The largest absolute Gasteiger partial charge is 0.363 e. The molecule has 0 saturated carbocycles. The highest BCUT2D eigenvalue weighted by molar-refractivity contribution is 5.38. The predicted molar refractivity (Wildman–Crippen MR) is 86.5 cm³/mol. The minimum Gasteiger partial charge on any atom is -0.363 e. The molecule has 2 aromatic rings. The van der Waals surface area contributed by atoms with Gasteiger partial charge in [0.25, 0.3) is 0 Å². The third-order valence-electron chi connectivity index (χ3n) is 3.50. The van der Waals surface area contributed by atoms with E-state index in [0.29, 0.717) is 0 Å². The van der Waals surface area contributed by atoms with Crippen LogP contribution in [0.2, 0.25) is 0 Å². The molecule has 1 heterocycles. The molecule has 0 unspecified atom stereocenters. The van der Waals surface area contributed by atoms with Gasteiger partial charge in [0, 0.05) is 20.3 Å². The van der Waals surface area contributed by atoms with E-state index in [9.17, 15) is 0 Å². The highest BCUT2D eigenvalue weighted by Crippen LogP contribution is 2.23. The molecule has 0 spiro atoms. The normalized spacial score (nSPS) is 11.4. The smallest absolute Gasteiger partial charge is 0.127 e. The minimum absolute atomic E-state index is 0.216. The Labute approximate surface area is 122 Å². The van der Waals surface area contributed by atoms with Crippen LogP contribution >= 0.6 is 0 Å². The number of anilines is 1. The molecule has 0 bridgehead atoms. The first kappa shape index (κ1) is 14.6. The van der Waals surface area contributed by atoms with E-state index in [4.69, 9.17) is 0 Å². The summed E-state index contributed by atoms with van der Waals surface area (Å²) in [5.41, 5.74) is 4.17. The molecule has 2 nitrogen and oxygen atoms in total. The zero-order chi connectivity index (χ0) is 14.8. The molecule has 2 heteroatoms. The fraction of sp³-hybridized carbons (Fsp3) is 0.389. The van der Waals surface area contributed by atoms with Gasteiger partial charge in [0.2, 0.25) is 0 Å². The molecule has 106 valence electrons. The third kappa shape index (κ3) is 3.60. The van der Waals surface area contributed by atoms with E-state index in [1.54, 1.807) is 0 Å². The Morgan fingerprint density at radius 3 is 1.95 bits per heavy atom. The summed E-state index contributed by atoms with van der Waals surface area (Å²) in [5, 5.41) is 0. The fourth-order valence-corrected chi connectivity index (χ4v) is 2.14. The minimum atomic E-state index is 0.216. The van der Waals surface area contributed by atoms with Crippen molar-refractivity contribution in [1.29, 1.82) is 0 Å². The number of rotatable bonds is 3. The Morgan fingerprint density at radius 2 is 1.50 bits per heavy atom. The Morgan fingerprint density at radius 1 is 0.900 bits per heavy atom. The van der Waals surface area contributed by atoms with Crippen LogP contribution in [0.15, 0.2) is 42.6 Å². The van der Waals surface area contributed by atoms with Crippen LogP contribution in [0.5, 0.6) is 0 Å². The van der Waals surface area contributed by atoms with E-state index in [0.717, 1.165) is 12.2 Å². The van der Waals surface area contributed by atoms with Crippen molar-refractivity contribution in [3.05, 3.63) is 59.3 Å². The predicted octanol–water partition coefficient (Wildman–Crippen LogP) is 4.04. The highest BCUT2D eigenvalue weighted by Gasteiger charge is 2.12. The maximum absolute atomic E-state index is 4.46. The van der Waals surface area contributed by atoms with E-state index >= 15 is 0 Å². The van der Waals surface area contributed by atoms with E-state index < -0.39 is 0 Å². The van der Waals surface area contributed by atoms with Crippen LogP contribution in [0.1, 0.15) is 37.5 Å². The van der Waals surface area contributed by atoms with E-state index in [2.05, 4.69) is 62.2 Å². The molecule has 0 saturated heterocycles. The summed E-state index contributed by atoms with van der Waals surface area (Å²) in [5.74, 6) is 0.997. The Balaban J connectivity index is 2.10. The molecule has 0 radical (unpaired) electrons. The highest BCUT2D eigenvalue weighted by atomic mass is 15.1. The van der Waals surface area contributed by atoms with Gasteiger partial charge in [-0.3, -0.25) is 0 Å². The van der Waals surface area contributed by atoms with Crippen LogP contribution in [-0.4, -0.2) is 19.1 Å². The molecule has 1 aromatic heterocycles. The van der Waals surface area contributed by atoms with Crippen molar-refractivity contribution in [1.82, 2.24) is 4.98 Å². The second kappa shape index (κ2) is 5.66. The monoisotopic (exact) mass is 268 g/mol. The van der Waals surface area contributed by atoms with Gasteiger partial charge in [0.1, 0.15) is 5.82 Å². The molecule has 20 heavy (non-hydrogen) atoms. The van der Waals surface area contributed by atoms with Crippen LogP contribution in [0, 0.1) is 0 Å². The van der Waals surface area contributed by atoms with Crippen molar-refractivity contribution >= 4 is 5.82 Å². The van der Waals surface area contributed by atoms with E-state index in [1.807, 2.05) is 25.2 Å². The number of hydrogen-bond donors (Lipinski definition) is 0. The van der Waals surface area contributed by atoms with Crippen molar-refractivity contribution in [3.8, 4) is 0 Å². The first-order valence-electron chi connectivity index (χ1n) is 7.08. The molecular formula is C18H24N2. The molecule has 0 aliphatic rings. The first-order valence-corrected chi connectivity index (χ1v) is 7.08. The SMILES string of the molecule is CN(C)c1ccc(Cc2ccc(C(C)(C)C)cc2)cn1. The standard InChI is InChI=1S/C18H24N2/c1-18(2,3)16-9-6-14(7-10-16)12-15-8-11-17(19-13-15)20(4)5/h6-11,13H,12H2,1-5H3. The van der Waals surface area contributed by atoms with Crippen LogP contribution in [0.25, 0.3) is 0 Å². The molecule has 2 rings (SSSR count). The van der Waals surface area contributed by atoms with Gasteiger partial charge in [-0.05, 0) is 34.6 Å². The van der Waals surface area contributed by atoms with Crippen molar-refractivity contribution in [2.45, 2.75) is 32.6 Å². The van der Waals surface area contributed by atoms with Gasteiger partial charge < -0.3 is 4.90 Å². The van der Waals surface area contributed by atoms with Crippen LogP contribution in [-0.2, 0) is 11.8 Å². The topological polar surface area (TPSA) is 16.1 Å². The zero-order valence-electron chi connectivity index (χ0n) is 13.1. The molecule has 0 N–H and O–H groups in total. The fourth-order valence-electron chi connectivity index (χ4n) is 2.14. The van der Waals surface area contributed by atoms with Crippen molar-refractivity contribution in [2.24, 2.45) is 0 Å². The number of benzene rings is 1. The van der Waals surface area contributed by atoms with Gasteiger partial charge in [-0.25, -0.2) is 4.98 Å². The van der Waals surface area contributed by atoms with Crippen molar-refractivity contribution in [3.63, 3.8) is 0 Å². The van der Waals surface area contributed by atoms with Gasteiger partial charge in [-0.1, -0.05) is 51.1 Å². The van der Waals surface area contributed by atoms with Crippen LogP contribution < -0.4 is 4.90 Å². The lowest BCUT2D eigenvalue weighted by atomic mass is 9.86. The van der Waals surface area contributed by atoms with Gasteiger partial charge >= 0.3 is 0 Å². The lowest BCUT2D eigenvalue weighted by Crippen LogP contribution is -2.11. The molecule has 0 atom stereocenters. The summed E-state index contributed by atoms with van der Waals surface area (Å²) in [6, 6.07) is 13.1. The van der Waals surface area contributed by atoms with Crippen LogP contribution in [0.4, 0.5) is 5.82 Å². The molecule has 0 amide bonds. The summed E-state index contributed by atoms with van der Waals surface area (Å²) < 4.78 is 0. The van der Waals surface area contributed by atoms with E-state index in [1.165, 1.54) is 16.7 Å². The zero-order valence-corrected chi connectivity index (χ0v) is 13.1. The molecule has 0 fully saturated rings. The quantitative estimate of drug-likeness (QED) is 0.835. The molecule has 0 aliphatic carbocycles. The summed E-state index contributed by atoms with van der Waals surface area (Å²) in [4.78, 5) is 6.47. The third-order valence-corrected chi connectivity index (χ3v) is 3.50.